The minimum atomic E-state index is -0.441. The van der Waals surface area contributed by atoms with Crippen LogP contribution in [0.15, 0.2) is 48.5 Å². The fraction of sp³-hybridized carbons (Fsp3) is 0.273. The summed E-state index contributed by atoms with van der Waals surface area (Å²) in [5.41, 5.74) is 6.89. The van der Waals surface area contributed by atoms with Gasteiger partial charge in [0.2, 0.25) is 0 Å². The summed E-state index contributed by atoms with van der Waals surface area (Å²) in [6.07, 6.45) is 5.00. The van der Waals surface area contributed by atoms with Gasteiger partial charge in [-0.15, -0.1) is 0 Å². The fourth-order valence-corrected chi connectivity index (χ4v) is 2.46. The van der Waals surface area contributed by atoms with Gasteiger partial charge in [0.25, 0.3) is 11.8 Å². The first kappa shape index (κ1) is 21.0. The monoisotopic (exact) mass is 382 g/mol. The summed E-state index contributed by atoms with van der Waals surface area (Å²) in [6, 6.07) is 12.6. The number of amides is 2. The van der Waals surface area contributed by atoms with E-state index in [0.29, 0.717) is 23.7 Å². The molecule has 2 aromatic carbocycles. The molecule has 0 unspecified atom stereocenters. The highest BCUT2D eigenvalue weighted by Crippen LogP contribution is 2.28. The third-order valence-electron chi connectivity index (χ3n) is 4.06. The van der Waals surface area contributed by atoms with Crippen molar-refractivity contribution in [2.45, 2.75) is 26.7 Å². The lowest BCUT2D eigenvalue weighted by Gasteiger charge is -2.11. The van der Waals surface area contributed by atoms with E-state index < -0.39 is 5.91 Å². The van der Waals surface area contributed by atoms with E-state index in [-0.39, 0.29) is 5.91 Å². The zero-order valence-electron chi connectivity index (χ0n) is 16.5. The first-order valence-electron chi connectivity index (χ1n) is 9.20. The van der Waals surface area contributed by atoms with Gasteiger partial charge in [0.15, 0.2) is 11.5 Å². The lowest BCUT2D eigenvalue weighted by Crippen LogP contribution is -2.41. The second-order valence-corrected chi connectivity index (χ2v) is 6.20. The number of unbranched alkanes of at least 4 members (excludes halogenated alkanes) is 1. The molecule has 0 heterocycles. The lowest BCUT2D eigenvalue weighted by molar-refractivity contribution is -0.117. The van der Waals surface area contributed by atoms with Crippen molar-refractivity contribution in [3.63, 3.8) is 0 Å². The summed E-state index contributed by atoms with van der Waals surface area (Å²) in [5.74, 6) is 0.467. The van der Waals surface area contributed by atoms with Gasteiger partial charge in [-0.1, -0.05) is 37.6 Å². The number of nitrogens with one attached hydrogen (secondary N) is 2. The van der Waals surface area contributed by atoms with Crippen molar-refractivity contribution < 1.29 is 19.1 Å². The molecule has 6 nitrogen and oxygen atoms in total. The molecule has 0 aliphatic heterocycles. The van der Waals surface area contributed by atoms with Gasteiger partial charge in [-0.25, -0.2) is 0 Å². The second kappa shape index (κ2) is 10.8. The highest BCUT2D eigenvalue weighted by Gasteiger charge is 2.08. The minimum Gasteiger partial charge on any atom is -0.493 e. The number of hydrogen-bond donors (Lipinski definition) is 2. The number of aryl methyl sites for hydroxylation is 1. The smallest absolute Gasteiger partial charge is 0.269 e. The van der Waals surface area contributed by atoms with Crippen molar-refractivity contribution in [2.24, 2.45) is 0 Å². The number of hydrogen-bond acceptors (Lipinski definition) is 4. The molecule has 2 aromatic rings. The molecule has 0 radical (unpaired) electrons. The van der Waals surface area contributed by atoms with Crippen molar-refractivity contribution in [3.8, 4) is 11.5 Å². The Bertz CT molecular complexity index is 846. The van der Waals surface area contributed by atoms with Gasteiger partial charge in [0, 0.05) is 11.6 Å². The molecular weight excluding hydrogens is 356 g/mol. The molecular formula is C22H26N2O4. The Labute approximate surface area is 165 Å². The van der Waals surface area contributed by atoms with Crippen LogP contribution in [0.1, 0.15) is 41.3 Å². The van der Waals surface area contributed by atoms with Gasteiger partial charge >= 0.3 is 0 Å². The Morgan fingerprint density at radius 2 is 1.86 bits per heavy atom. The van der Waals surface area contributed by atoms with Crippen LogP contribution in [0.2, 0.25) is 0 Å². The molecule has 0 aliphatic rings. The Balaban J connectivity index is 1.92. The predicted molar refractivity (Wildman–Crippen MR) is 109 cm³/mol. The van der Waals surface area contributed by atoms with Crippen molar-refractivity contribution in [3.05, 3.63) is 65.2 Å². The van der Waals surface area contributed by atoms with Gasteiger partial charge in [-0.3, -0.25) is 20.4 Å². The number of benzene rings is 2. The van der Waals surface area contributed by atoms with Gasteiger partial charge in [0.05, 0.1) is 13.7 Å². The third kappa shape index (κ3) is 6.16. The van der Waals surface area contributed by atoms with Gasteiger partial charge in [-0.2, -0.15) is 0 Å². The average Bonchev–Trinajstić information content (AvgIpc) is 2.71. The Morgan fingerprint density at radius 1 is 1.07 bits per heavy atom. The first-order chi connectivity index (χ1) is 13.5. The van der Waals surface area contributed by atoms with Crippen LogP contribution in [0, 0.1) is 6.92 Å². The number of ether oxygens (including phenoxy) is 2. The molecule has 0 saturated carbocycles. The first-order valence-corrected chi connectivity index (χ1v) is 9.20. The molecule has 0 aromatic heterocycles. The molecule has 0 saturated heterocycles. The molecule has 0 bridgehead atoms. The zero-order valence-corrected chi connectivity index (χ0v) is 16.5. The summed E-state index contributed by atoms with van der Waals surface area (Å²) in [6.45, 7) is 4.56. The molecule has 0 spiro atoms. The minimum absolute atomic E-state index is 0.366. The third-order valence-corrected chi connectivity index (χ3v) is 4.06. The normalized spacial score (nSPS) is 10.5. The number of carbonyl (C=O) groups excluding carboxylic acids is 2. The molecule has 0 aliphatic carbocycles. The van der Waals surface area contributed by atoms with Crippen LogP contribution >= 0.6 is 0 Å². The standard InChI is InChI=1S/C22H26N2O4/c1-4-5-14-28-19-12-10-17(15-20(19)27-3)11-13-21(25)23-24-22(26)18-9-7-6-8-16(18)2/h6-13,15H,4-5,14H2,1-3H3,(H,23,25)(H,24,26)/b13-11+. The highest BCUT2D eigenvalue weighted by molar-refractivity contribution is 5.98. The van der Waals surface area contributed by atoms with E-state index >= 15 is 0 Å². The highest BCUT2D eigenvalue weighted by atomic mass is 16.5. The van der Waals surface area contributed by atoms with E-state index in [0.717, 1.165) is 24.0 Å². The summed E-state index contributed by atoms with van der Waals surface area (Å²) in [7, 11) is 1.57. The second-order valence-electron chi connectivity index (χ2n) is 6.20. The molecule has 2 N–H and O–H groups in total. The van der Waals surface area contributed by atoms with Crippen molar-refractivity contribution in [2.75, 3.05) is 13.7 Å². The van der Waals surface area contributed by atoms with E-state index in [4.69, 9.17) is 9.47 Å². The topological polar surface area (TPSA) is 76.7 Å². The van der Waals surface area contributed by atoms with Gasteiger partial charge in [0.1, 0.15) is 0 Å². The molecule has 2 amide bonds. The van der Waals surface area contributed by atoms with Crippen molar-refractivity contribution in [1.82, 2.24) is 10.9 Å². The van der Waals surface area contributed by atoms with E-state index in [1.807, 2.05) is 31.2 Å². The number of hydrazine groups is 1. The molecule has 2 rings (SSSR count). The maximum Gasteiger partial charge on any atom is 0.269 e. The summed E-state index contributed by atoms with van der Waals surface area (Å²) < 4.78 is 11.0. The van der Waals surface area contributed by atoms with Gasteiger partial charge < -0.3 is 9.47 Å². The van der Waals surface area contributed by atoms with E-state index in [9.17, 15) is 9.59 Å². The van der Waals surface area contributed by atoms with Crippen LogP contribution < -0.4 is 20.3 Å². The van der Waals surface area contributed by atoms with Crippen LogP contribution in [-0.2, 0) is 4.79 Å². The lowest BCUT2D eigenvalue weighted by atomic mass is 10.1. The molecule has 28 heavy (non-hydrogen) atoms. The van der Waals surface area contributed by atoms with E-state index in [1.54, 1.807) is 31.4 Å². The summed E-state index contributed by atoms with van der Waals surface area (Å²) in [5, 5.41) is 0. The van der Waals surface area contributed by atoms with Crippen molar-refractivity contribution >= 4 is 17.9 Å². The van der Waals surface area contributed by atoms with Crippen LogP contribution in [0.4, 0.5) is 0 Å². The summed E-state index contributed by atoms with van der Waals surface area (Å²) >= 11 is 0. The zero-order chi connectivity index (χ0) is 20.4. The molecule has 148 valence electrons. The number of rotatable bonds is 8. The molecule has 0 fully saturated rings. The fourth-order valence-electron chi connectivity index (χ4n) is 2.46. The van der Waals surface area contributed by atoms with Crippen molar-refractivity contribution in [1.29, 1.82) is 0 Å². The Hall–Kier alpha value is -3.28. The van der Waals surface area contributed by atoms with Crippen LogP contribution in [0.25, 0.3) is 6.08 Å². The predicted octanol–water partition coefficient (Wildman–Crippen LogP) is 3.66. The van der Waals surface area contributed by atoms with Gasteiger partial charge in [-0.05, 0) is 48.7 Å². The SMILES string of the molecule is CCCCOc1ccc(/C=C/C(=O)NNC(=O)c2ccccc2C)cc1OC. The van der Waals surface area contributed by atoms with Crippen LogP contribution in [0.3, 0.4) is 0 Å². The Kier molecular flexibility index (Phi) is 8.09. The molecule has 6 heteroatoms. The number of methoxy groups -OCH3 is 1. The quantitative estimate of drug-likeness (QED) is 0.415. The maximum atomic E-state index is 12.1. The van der Waals surface area contributed by atoms with Crippen LogP contribution in [0.5, 0.6) is 11.5 Å². The Morgan fingerprint density at radius 3 is 2.57 bits per heavy atom. The number of carbonyl (C=O) groups is 2. The van der Waals surface area contributed by atoms with E-state index in [2.05, 4.69) is 17.8 Å². The molecule has 0 atom stereocenters. The summed E-state index contributed by atoms with van der Waals surface area (Å²) in [4.78, 5) is 24.1. The van der Waals surface area contributed by atoms with Crippen LogP contribution in [-0.4, -0.2) is 25.5 Å². The van der Waals surface area contributed by atoms with E-state index in [1.165, 1.54) is 6.08 Å². The average molecular weight is 382 g/mol. The largest absolute Gasteiger partial charge is 0.493 e. The maximum absolute atomic E-state index is 12.1.